The Morgan fingerprint density at radius 2 is 1.85 bits per heavy atom. The van der Waals surface area contributed by atoms with Gasteiger partial charge in [0.25, 0.3) is 0 Å². The highest BCUT2D eigenvalue weighted by Gasteiger charge is 2.22. The van der Waals surface area contributed by atoms with Crippen LogP contribution in [-0.2, 0) is 16.0 Å². The van der Waals surface area contributed by atoms with Gasteiger partial charge in [0.2, 0.25) is 5.91 Å². The van der Waals surface area contributed by atoms with E-state index in [1.54, 1.807) is 7.11 Å². The molecule has 1 N–H and O–H groups in total. The molecule has 4 heteroatoms. The van der Waals surface area contributed by atoms with Crippen molar-refractivity contribution in [3.8, 4) is 0 Å². The normalized spacial score (nSPS) is 16.6. The molecule has 3 aromatic carbocycles. The van der Waals surface area contributed by atoms with Gasteiger partial charge in [-0.1, -0.05) is 42.5 Å². The Morgan fingerprint density at radius 1 is 1.07 bits per heavy atom. The minimum atomic E-state index is -0.000257. The van der Waals surface area contributed by atoms with Gasteiger partial charge < -0.3 is 15.0 Å². The minimum absolute atomic E-state index is 0.000257. The smallest absolute Gasteiger partial charge is 0.228 e. The van der Waals surface area contributed by atoms with Crippen LogP contribution in [0.3, 0.4) is 0 Å². The topological polar surface area (TPSA) is 41.6 Å². The summed E-state index contributed by atoms with van der Waals surface area (Å²) in [5, 5.41) is 5.30. The molecule has 0 unspecified atom stereocenters. The quantitative estimate of drug-likeness (QED) is 0.740. The lowest BCUT2D eigenvalue weighted by atomic mass is 10.0. The first-order valence-corrected chi connectivity index (χ1v) is 9.37. The largest absolute Gasteiger partial charge is 0.380 e. The molecule has 4 rings (SSSR count). The van der Waals surface area contributed by atoms with Crippen LogP contribution in [0.25, 0.3) is 10.8 Å². The molecule has 1 aliphatic heterocycles. The van der Waals surface area contributed by atoms with Crippen molar-refractivity contribution in [2.24, 2.45) is 0 Å². The monoisotopic (exact) mass is 360 g/mol. The van der Waals surface area contributed by atoms with Crippen molar-refractivity contribution >= 4 is 28.1 Å². The third-order valence-electron chi connectivity index (χ3n) is 5.23. The minimum Gasteiger partial charge on any atom is -0.380 e. The molecule has 1 heterocycles. The first-order chi connectivity index (χ1) is 13.2. The highest BCUT2D eigenvalue weighted by Crippen LogP contribution is 2.24. The van der Waals surface area contributed by atoms with Gasteiger partial charge in [0.1, 0.15) is 0 Å². The molecule has 0 saturated carbocycles. The molecule has 138 valence electrons. The lowest BCUT2D eigenvalue weighted by Gasteiger charge is -2.18. The SMILES string of the molecule is CO[C@H]1CCN(c2ccc(NC(=O)Cc3cccc4ccccc34)cc2)C1. The molecule has 1 aliphatic rings. The van der Waals surface area contributed by atoms with E-state index in [1.165, 1.54) is 5.69 Å². The Kier molecular flexibility index (Phi) is 5.07. The number of anilines is 2. The number of hydrogen-bond donors (Lipinski definition) is 1. The first kappa shape index (κ1) is 17.6. The molecule has 0 bridgehead atoms. The van der Waals surface area contributed by atoms with E-state index in [9.17, 15) is 4.79 Å². The van der Waals surface area contributed by atoms with E-state index in [2.05, 4.69) is 40.5 Å². The number of carbonyl (C=O) groups is 1. The summed E-state index contributed by atoms with van der Waals surface area (Å²) >= 11 is 0. The number of carbonyl (C=O) groups excluding carboxylic acids is 1. The number of hydrogen-bond acceptors (Lipinski definition) is 3. The maximum Gasteiger partial charge on any atom is 0.228 e. The summed E-state index contributed by atoms with van der Waals surface area (Å²) < 4.78 is 5.43. The highest BCUT2D eigenvalue weighted by molar-refractivity contribution is 5.96. The summed E-state index contributed by atoms with van der Waals surface area (Å²) in [5.74, 6) is -0.000257. The molecule has 4 nitrogen and oxygen atoms in total. The lowest BCUT2D eigenvalue weighted by Crippen LogP contribution is -2.22. The van der Waals surface area contributed by atoms with Crippen molar-refractivity contribution in [1.82, 2.24) is 0 Å². The Hall–Kier alpha value is -2.85. The third kappa shape index (κ3) is 3.96. The summed E-state index contributed by atoms with van der Waals surface area (Å²) in [7, 11) is 1.77. The van der Waals surface area contributed by atoms with Crippen molar-refractivity contribution in [3.63, 3.8) is 0 Å². The number of ether oxygens (including phenoxy) is 1. The zero-order valence-electron chi connectivity index (χ0n) is 15.5. The van der Waals surface area contributed by atoms with Crippen LogP contribution in [0.15, 0.2) is 66.7 Å². The maximum absolute atomic E-state index is 12.5. The van der Waals surface area contributed by atoms with Gasteiger partial charge in [-0.25, -0.2) is 0 Å². The predicted octanol–water partition coefficient (Wildman–Crippen LogP) is 4.25. The molecular formula is C23H24N2O2. The Balaban J connectivity index is 1.41. The second-order valence-electron chi connectivity index (χ2n) is 7.00. The van der Waals surface area contributed by atoms with Gasteiger partial charge in [-0.05, 0) is 47.0 Å². The second kappa shape index (κ2) is 7.80. The highest BCUT2D eigenvalue weighted by atomic mass is 16.5. The van der Waals surface area contributed by atoms with Crippen LogP contribution in [-0.4, -0.2) is 32.2 Å². The van der Waals surface area contributed by atoms with Gasteiger partial charge in [-0.3, -0.25) is 4.79 Å². The molecule has 1 saturated heterocycles. The van der Waals surface area contributed by atoms with Crippen molar-refractivity contribution in [2.45, 2.75) is 18.9 Å². The number of benzene rings is 3. The van der Waals surface area contributed by atoms with Crippen molar-refractivity contribution in [3.05, 3.63) is 72.3 Å². The van der Waals surface area contributed by atoms with Crippen LogP contribution in [0.2, 0.25) is 0 Å². The Morgan fingerprint density at radius 3 is 2.63 bits per heavy atom. The fourth-order valence-electron chi connectivity index (χ4n) is 3.74. The Bertz CT molecular complexity index is 931. The van der Waals surface area contributed by atoms with E-state index in [1.807, 2.05) is 36.4 Å². The van der Waals surface area contributed by atoms with Gasteiger partial charge in [0.05, 0.1) is 12.5 Å². The summed E-state index contributed by atoms with van der Waals surface area (Å²) in [6, 6.07) is 22.3. The third-order valence-corrected chi connectivity index (χ3v) is 5.23. The number of methoxy groups -OCH3 is 1. The molecule has 1 fully saturated rings. The van der Waals surface area contributed by atoms with Gasteiger partial charge >= 0.3 is 0 Å². The van der Waals surface area contributed by atoms with E-state index in [0.717, 1.165) is 41.5 Å². The average Bonchev–Trinajstić information content (AvgIpc) is 3.18. The van der Waals surface area contributed by atoms with E-state index in [4.69, 9.17) is 4.74 Å². The summed E-state index contributed by atoms with van der Waals surface area (Å²) in [6.07, 6.45) is 1.73. The van der Waals surface area contributed by atoms with Gasteiger partial charge in [0, 0.05) is 31.6 Å². The van der Waals surface area contributed by atoms with Crippen molar-refractivity contribution in [2.75, 3.05) is 30.4 Å². The van der Waals surface area contributed by atoms with Crippen LogP contribution in [0, 0.1) is 0 Å². The molecule has 0 aromatic heterocycles. The van der Waals surface area contributed by atoms with E-state index in [0.29, 0.717) is 12.5 Å². The Labute approximate surface area is 159 Å². The number of rotatable bonds is 5. The fraction of sp³-hybridized carbons (Fsp3) is 0.261. The van der Waals surface area contributed by atoms with E-state index >= 15 is 0 Å². The number of nitrogens with zero attached hydrogens (tertiary/aromatic N) is 1. The molecule has 1 atom stereocenters. The molecule has 0 aliphatic carbocycles. The predicted molar refractivity (Wildman–Crippen MR) is 110 cm³/mol. The maximum atomic E-state index is 12.5. The van der Waals surface area contributed by atoms with Gasteiger partial charge in [-0.2, -0.15) is 0 Å². The van der Waals surface area contributed by atoms with Gasteiger partial charge in [-0.15, -0.1) is 0 Å². The summed E-state index contributed by atoms with van der Waals surface area (Å²) in [6.45, 7) is 1.93. The van der Waals surface area contributed by atoms with Crippen molar-refractivity contribution in [1.29, 1.82) is 0 Å². The number of amides is 1. The molecule has 27 heavy (non-hydrogen) atoms. The lowest BCUT2D eigenvalue weighted by molar-refractivity contribution is -0.115. The van der Waals surface area contributed by atoms with E-state index in [-0.39, 0.29) is 5.91 Å². The summed E-state index contributed by atoms with van der Waals surface area (Å²) in [5.41, 5.74) is 3.04. The molecule has 3 aromatic rings. The van der Waals surface area contributed by atoms with Crippen LogP contribution in [0.4, 0.5) is 11.4 Å². The molecule has 0 radical (unpaired) electrons. The fourth-order valence-corrected chi connectivity index (χ4v) is 3.74. The zero-order valence-corrected chi connectivity index (χ0v) is 15.5. The number of nitrogens with one attached hydrogen (secondary N) is 1. The van der Waals surface area contributed by atoms with Crippen LogP contribution in [0.5, 0.6) is 0 Å². The van der Waals surface area contributed by atoms with E-state index < -0.39 is 0 Å². The zero-order chi connectivity index (χ0) is 18.6. The molecular weight excluding hydrogens is 336 g/mol. The van der Waals surface area contributed by atoms with Gasteiger partial charge in [0.15, 0.2) is 0 Å². The van der Waals surface area contributed by atoms with Crippen LogP contribution in [0.1, 0.15) is 12.0 Å². The first-order valence-electron chi connectivity index (χ1n) is 9.37. The van der Waals surface area contributed by atoms with Crippen LogP contribution < -0.4 is 10.2 Å². The number of fused-ring (bicyclic) bond motifs is 1. The summed E-state index contributed by atoms with van der Waals surface area (Å²) in [4.78, 5) is 14.8. The van der Waals surface area contributed by atoms with Crippen LogP contribution >= 0.6 is 0 Å². The molecule has 1 amide bonds. The standard InChI is InChI=1S/C23H24N2O2/c1-27-21-13-14-25(16-21)20-11-9-19(10-12-20)24-23(26)15-18-7-4-6-17-5-2-3-8-22(17)18/h2-12,21H,13-16H2,1H3,(H,24,26)/t21-/m0/s1. The van der Waals surface area contributed by atoms with Crippen molar-refractivity contribution < 1.29 is 9.53 Å². The second-order valence-corrected chi connectivity index (χ2v) is 7.00. The molecule has 0 spiro atoms. The average molecular weight is 360 g/mol.